The molecule has 6 heteroatoms. The first-order valence-electron chi connectivity index (χ1n) is 8.32. The van der Waals surface area contributed by atoms with Crippen molar-refractivity contribution in [2.24, 2.45) is 0 Å². The number of hydrogen-bond donors (Lipinski definition) is 2. The van der Waals surface area contributed by atoms with E-state index in [9.17, 15) is 4.79 Å². The fourth-order valence-electron chi connectivity index (χ4n) is 2.98. The van der Waals surface area contributed by atoms with Crippen LogP contribution in [0, 0.1) is 6.92 Å². The lowest BCUT2D eigenvalue weighted by Gasteiger charge is -2.29. The molecule has 0 aliphatic carbocycles. The van der Waals surface area contributed by atoms with Gasteiger partial charge in [-0.3, -0.25) is 0 Å². The molecule has 23 heavy (non-hydrogen) atoms. The first kappa shape index (κ1) is 16.5. The standard InChI is InChI=1S/C17H25N3O2S/c1-13-11-14(20-6-9-23-10-7-20)4-5-16(13)19-17(21)18-12-15-3-2-8-22-15/h4-5,11,15H,2-3,6-10,12H2,1H3,(H2,18,19,21)/t15-/m0/s1. The summed E-state index contributed by atoms with van der Waals surface area (Å²) < 4.78 is 5.51. The number of urea groups is 1. The van der Waals surface area contributed by atoms with Gasteiger partial charge in [0, 0.05) is 49.1 Å². The number of carbonyl (C=O) groups excluding carboxylic acids is 1. The molecule has 3 rings (SSSR count). The van der Waals surface area contributed by atoms with Crippen LogP contribution in [0.5, 0.6) is 0 Å². The largest absolute Gasteiger partial charge is 0.376 e. The molecule has 2 saturated heterocycles. The minimum Gasteiger partial charge on any atom is -0.376 e. The van der Waals surface area contributed by atoms with Crippen LogP contribution in [0.4, 0.5) is 16.2 Å². The molecule has 5 nitrogen and oxygen atoms in total. The highest BCUT2D eigenvalue weighted by molar-refractivity contribution is 7.99. The third-order valence-corrected chi connectivity index (χ3v) is 5.29. The average Bonchev–Trinajstić information content (AvgIpc) is 3.09. The van der Waals surface area contributed by atoms with Crippen molar-refractivity contribution in [3.05, 3.63) is 23.8 Å². The Morgan fingerprint density at radius 1 is 1.39 bits per heavy atom. The normalized spacial score (nSPS) is 21.3. The van der Waals surface area contributed by atoms with Gasteiger partial charge in [-0.2, -0.15) is 11.8 Å². The molecule has 1 aromatic carbocycles. The van der Waals surface area contributed by atoms with Gasteiger partial charge in [-0.1, -0.05) is 0 Å². The maximum atomic E-state index is 12.0. The summed E-state index contributed by atoms with van der Waals surface area (Å²) >= 11 is 2.01. The van der Waals surface area contributed by atoms with Crippen LogP contribution in [-0.2, 0) is 4.74 Å². The number of hydrogen-bond acceptors (Lipinski definition) is 4. The molecule has 2 heterocycles. The molecule has 2 aliphatic rings. The van der Waals surface area contributed by atoms with E-state index < -0.39 is 0 Å². The Balaban J connectivity index is 1.53. The summed E-state index contributed by atoms with van der Waals surface area (Å²) in [5, 5.41) is 5.83. The predicted octanol–water partition coefficient (Wildman–Crippen LogP) is 2.85. The second kappa shape index (κ2) is 7.93. The van der Waals surface area contributed by atoms with E-state index >= 15 is 0 Å². The lowest BCUT2D eigenvalue weighted by atomic mass is 10.1. The fourth-order valence-corrected chi connectivity index (χ4v) is 3.89. The number of carbonyl (C=O) groups is 1. The van der Waals surface area contributed by atoms with Crippen molar-refractivity contribution in [2.75, 3.05) is 48.0 Å². The van der Waals surface area contributed by atoms with Crippen molar-refractivity contribution in [3.63, 3.8) is 0 Å². The van der Waals surface area contributed by atoms with Gasteiger partial charge in [0.1, 0.15) is 0 Å². The molecule has 0 saturated carbocycles. The number of aryl methyl sites for hydroxylation is 1. The van der Waals surface area contributed by atoms with Crippen molar-refractivity contribution >= 4 is 29.2 Å². The van der Waals surface area contributed by atoms with E-state index in [1.807, 2.05) is 24.8 Å². The van der Waals surface area contributed by atoms with Crippen molar-refractivity contribution in [1.82, 2.24) is 5.32 Å². The zero-order valence-corrected chi connectivity index (χ0v) is 14.5. The lowest BCUT2D eigenvalue weighted by molar-refractivity contribution is 0.112. The second-order valence-corrected chi connectivity index (χ2v) is 7.29. The summed E-state index contributed by atoms with van der Waals surface area (Å²) in [6.07, 6.45) is 2.28. The van der Waals surface area contributed by atoms with Crippen LogP contribution in [0.15, 0.2) is 18.2 Å². The van der Waals surface area contributed by atoms with Gasteiger partial charge in [-0.15, -0.1) is 0 Å². The Bertz CT molecular complexity index is 541. The number of amides is 2. The molecule has 1 atom stereocenters. The molecule has 0 spiro atoms. The fraction of sp³-hybridized carbons (Fsp3) is 0.588. The number of rotatable bonds is 4. The van der Waals surface area contributed by atoms with Gasteiger partial charge in [0.2, 0.25) is 0 Å². The molecular formula is C17H25N3O2S. The molecule has 2 aliphatic heterocycles. The first-order chi connectivity index (χ1) is 11.2. The van der Waals surface area contributed by atoms with Crippen LogP contribution in [0.3, 0.4) is 0 Å². The highest BCUT2D eigenvalue weighted by Gasteiger charge is 2.16. The Labute approximate surface area is 142 Å². The smallest absolute Gasteiger partial charge is 0.319 e. The Kier molecular flexibility index (Phi) is 5.67. The minimum absolute atomic E-state index is 0.161. The van der Waals surface area contributed by atoms with Gasteiger partial charge < -0.3 is 20.3 Å². The van der Waals surface area contributed by atoms with Crippen LogP contribution < -0.4 is 15.5 Å². The van der Waals surface area contributed by atoms with Gasteiger partial charge in [-0.25, -0.2) is 4.79 Å². The monoisotopic (exact) mass is 335 g/mol. The molecule has 2 N–H and O–H groups in total. The number of anilines is 2. The van der Waals surface area contributed by atoms with Gasteiger partial charge in [-0.05, 0) is 43.5 Å². The van der Waals surface area contributed by atoms with E-state index in [-0.39, 0.29) is 12.1 Å². The van der Waals surface area contributed by atoms with E-state index in [4.69, 9.17) is 4.74 Å². The highest BCUT2D eigenvalue weighted by Crippen LogP contribution is 2.25. The van der Waals surface area contributed by atoms with Gasteiger partial charge in [0.15, 0.2) is 0 Å². The van der Waals surface area contributed by atoms with Crippen LogP contribution in [0.2, 0.25) is 0 Å². The van der Waals surface area contributed by atoms with Crippen molar-refractivity contribution in [2.45, 2.75) is 25.9 Å². The number of nitrogens with zero attached hydrogens (tertiary/aromatic N) is 1. The zero-order valence-electron chi connectivity index (χ0n) is 13.6. The second-order valence-electron chi connectivity index (χ2n) is 6.07. The molecule has 2 fully saturated rings. The number of benzene rings is 1. The number of thioether (sulfide) groups is 1. The van der Waals surface area contributed by atoms with Crippen LogP contribution in [0.25, 0.3) is 0 Å². The topological polar surface area (TPSA) is 53.6 Å². The van der Waals surface area contributed by atoms with Gasteiger partial charge in [0.25, 0.3) is 0 Å². The van der Waals surface area contributed by atoms with E-state index in [1.165, 1.54) is 17.2 Å². The maximum absolute atomic E-state index is 12.0. The average molecular weight is 335 g/mol. The molecule has 1 aromatic rings. The summed E-state index contributed by atoms with van der Waals surface area (Å²) in [5.41, 5.74) is 3.20. The summed E-state index contributed by atoms with van der Waals surface area (Å²) in [7, 11) is 0. The first-order valence-corrected chi connectivity index (χ1v) is 9.47. The quantitative estimate of drug-likeness (QED) is 0.888. The van der Waals surface area contributed by atoms with Gasteiger partial charge in [0.05, 0.1) is 6.10 Å². The number of ether oxygens (including phenoxy) is 1. The molecule has 0 radical (unpaired) electrons. The van der Waals surface area contributed by atoms with E-state index in [2.05, 4.69) is 27.7 Å². The van der Waals surface area contributed by atoms with E-state index in [0.717, 1.165) is 43.8 Å². The molecule has 0 aromatic heterocycles. The van der Waals surface area contributed by atoms with Gasteiger partial charge >= 0.3 is 6.03 Å². The Morgan fingerprint density at radius 2 is 2.22 bits per heavy atom. The Hall–Kier alpha value is -1.40. The summed E-state index contributed by atoms with van der Waals surface area (Å²) in [6.45, 7) is 5.62. The van der Waals surface area contributed by atoms with E-state index in [1.54, 1.807) is 0 Å². The Morgan fingerprint density at radius 3 is 2.91 bits per heavy atom. The molecule has 2 amide bonds. The van der Waals surface area contributed by atoms with Crippen LogP contribution >= 0.6 is 11.8 Å². The van der Waals surface area contributed by atoms with Crippen LogP contribution in [0.1, 0.15) is 18.4 Å². The predicted molar refractivity (Wildman–Crippen MR) is 96.7 cm³/mol. The molecule has 126 valence electrons. The minimum atomic E-state index is -0.161. The summed E-state index contributed by atoms with van der Waals surface area (Å²) in [6, 6.07) is 6.09. The molecule has 0 bridgehead atoms. The van der Waals surface area contributed by atoms with Crippen LogP contribution in [-0.4, -0.2) is 49.9 Å². The third kappa shape index (κ3) is 4.54. The van der Waals surface area contributed by atoms with Crippen molar-refractivity contribution in [1.29, 1.82) is 0 Å². The van der Waals surface area contributed by atoms with E-state index in [0.29, 0.717) is 6.54 Å². The highest BCUT2D eigenvalue weighted by atomic mass is 32.2. The SMILES string of the molecule is Cc1cc(N2CCSCC2)ccc1NC(=O)NC[C@@H]1CCCO1. The number of nitrogens with one attached hydrogen (secondary N) is 2. The lowest BCUT2D eigenvalue weighted by Crippen LogP contribution is -2.35. The summed E-state index contributed by atoms with van der Waals surface area (Å²) in [4.78, 5) is 14.4. The summed E-state index contributed by atoms with van der Waals surface area (Å²) in [5.74, 6) is 2.37. The third-order valence-electron chi connectivity index (χ3n) is 4.35. The molecular weight excluding hydrogens is 310 g/mol. The maximum Gasteiger partial charge on any atom is 0.319 e. The molecule has 0 unspecified atom stereocenters. The zero-order chi connectivity index (χ0) is 16.1. The van der Waals surface area contributed by atoms with Crippen molar-refractivity contribution < 1.29 is 9.53 Å². The van der Waals surface area contributed by atoms with Crippen molar-refractivity contribution in [3.8, 4) is 0 Å².